The van der Waals surface area contributed by atoms with Crippen LogP contribution in [0.5, 0.6) is 11.5 Å². The number of anilines is 1. The van der Waals surface area contributed by atoms with E-state index in [-0.39, 0.29) is 29.5 Å². The number of carbonyl (C=O) groups is 2. The van der Waals surface area contributed by atoms with Crippen LogP contribution in [0.2, 0.25) is 10.0 Å². The third-order valence-electron chi connectivity index (χ3n) is 6.96. The average Bonchev–Trinajstić information content (AvgIpc) is 2.94. The van der Waals surface area contributed by atoms with Crippen LogP contribution >= 0.6 is 23.2 Å². The maximum absolute atomic E-state index is 14.4. The Morgan fingerprint density at radius 2 is 1.53 bits per heavy atom. The number of aryl methyl sites for hydroxylation is 2. The highest BCUT2D eigenvalue weighted by Crippen LogP contribution is 2.33. The molecule has 0 radical (unpaired) electrons. The molecule has 12 heteroatoms. The number of methoxy groups -OCH3 is 2. The summed E-state index contributed by atoms with van der Waals surface area (Å²) in [5.41, 5.74) is 1.90. The van der Waals surface area contributed by atoms with Crippen molar-refractivity contribution in [2.45, 2.75) is 71.0 Å². The second-order valence-corrected chi connectivity index (χ2v) is 14.5. The van der Waals surface area contributed by atoms with Gasteiger partial charge >= 0.3 is 0 Å². The second-order valence-electron chi connectivity index (χ2n) is 11.8. The zero-order valence-electron chi connectivity index (χ0n) is 26.9. The SMILES string of the molecule is CC[C@@H](C(=O)NC(C)(C)C)N(Cc1ccc(Cl)cc1Cl)C(=O)CN(c1cc(C)cc(C)c1)S(=O)(=O)c1ccc(OC)c(OC)c1. The predicted octanol–water partition coefficient (Wildman–Crippen LogP) is 6.54. The lowest BCUT2D eigenvalue weighted by Gasteiger charge is -2.35. The highest BCUT2D eigenvalue weighted by atomic mass is 35.5. The number of halogens is 2. The fourth-order valence-electron chi connectivity index (χ4n) is 4.93. The van der Waals surface area contributed by atoms with Crippen LogP contribution in [0.25, 0.3) is 0 Å². The normalized spacial score (nSPS) is 12.3. The molecule has 45 heavy (non-hydrogen) atoms. The van der Waals surface area contributed by atoms with Crippen LogP contribution in [0, 0.1) is 13.8 Å². The molecule has 3 aromatic rings. The van der Waals surface area contributed by atoms with E-state index in [1.54, 1.807) is 37.3 Å². The fraction of sp³-hybridized carbons (Fsp3) is 0.394. The molecule has 0 aliphatic carbocycles. The molecule has 3 rings (SSSR count). The molecule has 0 bridgehead atoms. The van der Waals surface area contributed by atoms with Gasteiger partial charge in [-0.3, -0.25) is 13.9 Å². The fourth-order valence-corrected chi connectivity index (χ4v) is 6.82. The van der Waals surface area contributed by atoms with E-state index >= 15 is 0 Å². The Labute approximate surface area is 276 Å². The van der Waals surface area contributed by atoms with Crippen molar-refractivity contribution in [3.05, 3.63) is 81.3 Å². The molecular weight excluding hydrogens is 637 g/mol. The number of hydrogen-bond acceptors (Lipinski definition) is 6. The Morgan fingerprint density at radius 3 is 2.07 bits per heavy atom. The third-order valence-corrected chi connectivity index (χ3v) is 9.31. The smallest absolute Gasteiger partial charge is 0.264 e. The van der Waals surface area contributed by atoms with Gasteiger partial charge in [0, 0.05) is 28.2 Å². The lowest BCUT2D eigenvalue weighted by Crippen LogP contribution is -2.55. The Kier molecular flexibility index (Phi) is 11.8. The van der Waals surface area contributed by atoms with Gasteiger partial charge in [0.05, 0.1) is 24.8 Å². The summed E-state index contributed by atoms with van der Waals surface area (Å²) >= 11 is 12.6. The highest BCUT2D eigenvalue weighted by Gasteiger charge is 2.35. The number of benzene rings is 3. The quantitative estimate of drug-likeness (QED) is 0.233. The van der Waals surface area contributed by atoms with Gasteiger partial charge < -0.3 is 19.7 Å². The molecule has 9 nitrogen and oxygen atoms in total. The van der Waals surface area contributed by atoms with Gasteiger partial charge in [0.1, 0.15) is 12.6 Å². The topological polar surface area (TPSA) is 105 Å². The van der Waals surface area contributed by atoms with Crippen LogP contribution in [-0.2, 0) is 26.2 Å². The first-order valence-electron chi connectivity index (χ1n) is 14.4. The zero-order chi connectivity index (χ0) is 33.7. The van der Waals surface area contributed by atoms with Gasteiger partial charge in [0.15, 0.2) is 11.5 Å². The minimum Gasteiger partial charge on any atom is -0.493 e. The number of sulfonamides is 1. The van der Waals surface area contributed by atoms with E-state index in [0.717, 1.165) is 15.4 Å². The summed E-state index contributed by atoms with van der Waals surface area (Å²) in [6.45, 7) is 10.4. The minimum absolute atomic E-state index is 0.0536. The van der Waals surface area contributed by atoms with Crippen molar-refractivity contribution in [3.8, 4) is 11.5 Å². The zero-order valence-corrected chi connectivity index (χ0v) is 29.2. The van der Waals surface area contributed by atoms with Gasteiger partial charge in [-0.15, -0.1) is 0 Å². The maximum atomic E-state index is 14.4. The monoisotopic (exact) mass is 677 g/mol. The summed E-state index contributed by atoms with van der Waals surface area (Å²) in [5, 5.41) is 3.68. The molecule has 0 aromatic heterocycles. The lowest BCUT2D eigenvalue weighted by atomic mass is 10.1. The summed E-state index contributed by atoms with van der Waals surface area (Å²) in [6.07, 6.45) is 0.269. The van der Waals surface area contributed by atoms with Crippen molar-refractivity contribution in [3.63, 3.8) is 0 Å². The van der Waals surface area contributed by atoms with Crippen molar-refractivity contribution < 1.29 is 27.5 Å². The van der Waals surface area contributed by atoms with Gasteiger partial charge in [0.25, 0.3) is 10.0 Å². The highest BCUT2D eigenvalue weighted by molar-refractivity contribution is 7.92. The molecule has 244 valence electrons. The standard InChI is InChI=1S/C33H41Cl2N3O6S/c1-9-28(32(40)36-33(4,5)6)37(19-23-10-11-24(34)17-27(23)35)31(39)20-38(25-15-21(2)14-22(3)16-25)45(41,42)26-12-13-29(43-7)30(18-26)44-8/h10-18,28H,9,19-20H2,1-8H3,(H,36,40)/t28-/m0/s1. The Bertz CT molecular complexity index is 1640. The van der Waals surface area contributed by atoms with Crippen molar-refractivity contribution in [1.82, 2.24) is 10.2 Å². The van der Waals surface area contributed by atoms with E-state index in [1.807, 2.05) is 40.7 Å². The van der Waals surface area contributed by atoms with E-state index in [0.29, 0.717) is 27.0 Å². The lowest BCUT2D eigenvalue weighted by molar-refractivity contribution is -0.141. The first kappa shape index (κ1) is 36.0. The molecule has 1 atom stereocenters. The molecular formula is C33H41Cl2N3O6S. The molecule has 0 saturated carbocycles. The summed E-state index contributed by atoms with van der Waals surface area (Å²) in [5.74, 6) is -0.398. The molecule has 0 aliphatic heterocycles. The van der Waals surface area contributed by atoms with Crippen LogP contribution in [0.3, 0.4) is 0 Å². The number of carbonyl (C=O) groups excluding carboxylic acids is 2. The van der Waals surface area contributed by atoms with Gasteiger partial charge in [-0.25, -0.2) is 8.42 Å². The maximum Gasteiger partial charge on any atom is 0.264 e. The van der Waals surface area contributed by atoms with E-state index in [9.17, 15) is 18.0 Å². The molecule has 1 N–H and O–H groups in total. The van der Waals surface area contributed by atoms with E-state index in [2.05, 4.69) is 5.32 Å². The van der Waals surface area contributed by atoms with Gasteiger partial charge in [-0.05, 0) is 94.1 Å². The van der Waals surface area contributed by atoms with Crippen LogP contribution in [0.4, 0.5) is 5.69 Å². The largest absolute Gasteiger partial charge is 0.493 e. The second kappa shape index (κ2) is 14.7. The third kappa shape index (κ3) is 9.05. The van der Waals surface area contributed by atoms with Crippen molar-refractivity contribution in [2.24, 2.45) is 0 Å². The summed E-state index contributed by atoms with van der Waals surface area (Å²) in [4.78, 5) is 29.2. The van der Waals surface area contributed by atoms with Crippen LogP contribution in [-0.4, -0.2) is 57.5 Å². The molecule has 0 spiro atoms. The molecule has 2 amide bonds. The van der Waals surface area contributed by atoms with Crippen molar-refractivity contribution in [1.29, 1.82) is 0 Å². The van der Waals surface area contributed by atoms with Crippen LogP contribution < -0.4 is 19.1 Å². The molecule has 0 aliphatic rings. The number of hydrogen-bond donors (Lipinski definition) is 1. The van der Waals surface area contributed by atoms with Gasteiger partial charge in [0.2, 0.25) is 11.8 Å². The first-order chi connectivity index (χ1) is 21.0. The number of ether oxygens (including phenoxy) is 2. The number of amides is 2. The average molecular weight is 679 g/mol. The van der Waals surface area contributed by atoms with Crippen molar-refractivity contribution >= 4 is 50.7 Å². The predicted molar refractivity (Wildman–Crippen MR) is 179 cm³/mol. The Balaban J connectivity index is 2.17. The van der Waals surface area contributed by atoms with Crippen molar-refractivity contribution in [2.75, 3.05) is 25.1 Å². The molecule has 0 heterocycles. The molecule has 3 aromatic carbocycles. The Hall–Kier alpha value is -3.47. The summed E-state index contributed by atoms with van der Waals surface area (Å²) < 4.78 is 40.4. The molecule has 0 saturated heterocycles. The minimum atomic E-state index is -4.34. The molecule has 0 fully saturated rings. The number of rotatable bonds is 12. The van der Waals surface area contributed by atoms with E-state index in [4.69, 9.17) is 32.7 Å². The van der Waals surface area contributed by atoms with Crippen LogP contribution in [0.15, 0.2) is 59.5 Å². The first-order valence-corrected chi connectivity index (χ1v) is 16.6. The number of nitrogens with one attached hydrogen (secondary N) is 1. The number of nitrogens with zero attached hydrogens (tertiary/aromatic N) is 2. The summed E-state index contributed by atoms with van der Waals surface area (Å²) in [7, 11) is -1.47. The van der Waals surface area contributed by atoms with E-state index in [1.165, 1.54) is 37.3 Å². The summed E-state index contributed by atoms with van der Waals surface area (Å²) in [6, 6.07) is 13.5. The molecule has 0 unspecified atom stereocenters. The van der Waals surface area contributed by atoms with Crippen LogP contribution in [0.1, 0.15) is 50.8 Å². The van der Waals surface area contributed by atoms with E-state index < -0.39 is 34.1 Å². The van der Waals surface area contributed by atoms with Gasteiger partial charge in [-0.1, -0.05) is 42.3 Å². The Morgan fingerprint density at radius 1 is 0.911 bits per heavy atom. The van der Waals surface area contributed by atoms with Gasteiger partial charge in [-0.2, -0.15) is 0 Å².